The van der Waals surface area contributed by atoms with Gasteiger partial charge in [-0.15, -0.1) is 0 Å². The van der Waals surface area contributed by atoms with E-state index in [-0.39, 0.29) is 5.92 Å². The second kappa shape index (κ2) is 15.1. The van der Waals surface area contributed by atoms with Gasteiger partial charge in [-0.3, -0.25) is 9.69 Å². The minimum Gasteiger partial charge on any atom is -0.490 e. The molecule has 1 fully saturated rings. The van der Waals surface area contributed by atoms with Crippen molar-refractivity contribution >= 4 is 29.0 Å². The summed E-state index contributed by atoms with van der Waals surface area (Å²) in [7, 11) is 0. The van der Waals surface area contributed by atoms with E-state index in [0.717, 1.165) is 37.4 Å². The normalized spacial score (nSPS) is 14.4. The van der Waals surface area contributed by atoms with Gasteiger partial charge in [0, 0.05) is 38.4 Å². The molecular weight excluding hydrogens is 591 g/mol. The first-order valence-electron chi connectivity index (χ1n) is 15.2. The van der Waals surface area contributed by atoms with E-state index in [1.807, 2.05) is 31.2 Å². The Kier molecular flexibility index (Phi) is 11.0. The van der Waals surface area contributed by atoms with E-state index in [1.54, 1.807) is 0 Å². The second-order valence-corrected chi connectivity index (χ2v) is 12.4. The summed E-state index contributed by atoms with van der Waals surface area (Å²) in [6.07, 6.45) is 2.15. The molecule has 5 rings (SSSR count). The van der Waals surface area contributed by atoms with Gasteiger partial charge in [0.2, 0.25) is 0 Å². The van der Waals surface area contributed by atoms with Crippen LogP contribution in [0.3, 0.4) is 0 Å². The monoisotopic (exact) mass is 630 g/mol. The Bertz CT molecular complexity index is 1560. The fraction of sp³-hybridized carbons (Fsp3) is 0.324. The molecule has 1 unspecified atom stereocenters. The van der Waals surface area contributed by atoms with Crippen LogP contribution in [-0.2, 0) is 17.8 Å². The summed E-state index contributed by atoms with van der Waals surface area (Å²) in [6, 6.07) is 27.2. The lowest BCUT2D eigenvalue weighted by molar-refractivity contribution is -0.121. The van der Waals surface area contributed by atoms with E-state index in [9.17, 15) is 4.79 Å². The van der Waals surface area contributed by atoms with E-state index >= 15 is 0 Å². The van der Waals surface area contributed by atoms with Crippen LogP contribution >= 0.6 is 23.2 Å². The Morgan fingerprint density at radius 2 is 1.55 bits per heavy atom. The predicted octanol–water partition coefficient (Wildman–Crippen LogP) is 8.18. The number of ether oxygens (including phenoxy) is 2. The number of hydrogen-bond donors (Lipinski definition) is 1. The molecule has 0 aliphatic carbocycles. The number of likely N-dealkylation sites (tertiary alicyclic amines) is 1. The highest BCUT2D eigenvalue weighted by Gasteiger charge is 2.19. The van der Waals surface area contributed by atoms with Gasteiger partial charge in [0.1, 0.15) is 24.7 Å². The van der Waals surface area contributed by atoms with Gasteiger partial charge in [0.05, 0.1) is 10.0 Å². The van der Waals surface area contributed by atoms with Crippen LogP contribution in [0.15, 0.2) is 78.9 Å². The van der Waals surface area contributed by atoms with Crippen LogP contribution in [-0.4, -0.2) is 43.5 Å². The number of carbonyl (C=O) groups is 1. The number of halogens is 2. The van der Waals surface area contributed by atoms with Crippen molar-refractivity contribution < 1.29 is 14.3 Å². The standard InChI is InChI=1S/C37H40Cl2N2O3/c1-25-19-35(38)37(36(39)20-25)44-18-17-43-32-10-7-27(8-11-32)22-30(23-40)33-12-9-28(21-26(33)2)34-6-4-3-5-29(34)24-41-15-13-31(42)14-16-41/h3-12,19-21,30H,13-18,22-24,40H2,1-2H3. The average molecular weight is 632 g/mol. The maximum atomic E-state index is 11.7. The van der Waals surface area contributed by atoms with Gasteiger partial charge in [0.25, 0.3) is 0 Å². The van der Waals surface area contributed by atoms with Crippen molar-refractivity contribution in [2.24, 2.45) is 5.73 Å². The van der Waals surface area contributed by atoms with Crippen molar-refractivity contribution in [3.63, 3.8) is 0 Å². The number of hydrogen-bond acceptors (Lipinski definition) is 5. The molecule has 1 aliphatic heterocycles. The fourth-order valence-corrected chi connectivity index (χ4v) is 6.60. The smallest absolute Gasteiger partial charge is 0.156 e. The third-order valence-corrected chi connectivity index (χ3v) is 8.84. The Hall–Kier alpha value is -3.35. The zero-order chi connectivity index (χ0) is 31.1. The Morgan fingerprint density at radius 1 is 0.864 bits per heavy atom. The number of piperidine rings is 1. The Labute approximate surface area is 270 Å². The minimum atomic E-state index is 0.203. The molecule has 0 bridgehead atoms. The van der Waals surface area contributed by atoms with Gasteiger partial charge in [0.15, 0.2) is 5.75 Å². The van der Waals surface area contributed by atoms with Crippen LogP contribution < -0.4 is 15.2 Å². The van der Waals surface area contributed by atoms with Crippen LogP contribution in [0.4, 0.5) is 0 Å². The molecule has 44 heavy (non-hydrogen) atoms. The molecule has 0 aromatic heterocycles. The molecule has 5 nitrogen and oxygen atoms in total. The lowest BCUT2D eigenvalue weighted by atomic mass is 9.87. The molecule has 4 aromatic carbocycles. The molecule has 0 saturated carbocycles. The van der Waals surface area contributed by atoms with Crippen molar-refractivity contribution in [1.29, 1.82) is 0 Å². The molecular formula is C37H40Cl2N2O3. The summed E-state index contributed by atoms with van der Waals surface area (Å²) in [5.74, 6) is 1.83. The number of nitrogens with zero attached hydrogens (tertiary/aromatic N) is 1. The topological polar surface area (TPSA) is 64.8 Å². The van der Waals surface area contributed by atoms with Gasteiger partial charge in [-0.25, -0.2) is 0 Å². The number of nitrogens with two attached hydrogens (primary N) is 1. The highest BCUT2D eigenvalue weighted by molar-refractivity contribution is 6.37. The number of rotatable bonds is 12. The summed E-state index contributed by atoms with van der Waals surface area (Å²) in [4.78, 5) is 14.1. The number of carbonyl (C=O) groups excluding carboxylic acids is 1. The van der Waals surface area contributed by atoms with E-state index in [1.165, 1.54) is 33.4 Å². The molecule has 2 N–H and O–H groups in total. The lowest BCUT2D eigenvalue weighted by Gasteiger charge is -2.27. The van der Waals surface area contributed by atoms with Gasteiger partial charge in [-0.2, -0.15) is 0 Å². The molecule has 230 valence electrons. The first kappa shape index (κ1) is 32.1. The largest absolute Gasteiger partial charge is 0.490 e. The number of Topliss-reactive ketones (excluding diaryl/α,β-unsaturated/α-hetero) is 1. The van der Waals surface area contributed by atoms with Crippen molar-refractivity contribution in [1.82, 2.24) is 4.90 Å². The minimum absolute atomic E-state index is 0.203. The third kappa shape index (κ3) is 8.22. The Morgan fingerprint density at radius 3 is 2.23 bits per heavy atom. The van der Waals surface area contributed by atoms with Gasteiger partial charge >= 0.3 is 0 Å². The van der Waals surface area contributed by atoms with Crippen molar-refractivity contribution in [3.8, 4) is 22.6 Å². The zero-order valence-corrected chi connectivity index (χ0v) is 27.0. The van der Waals surface area contributed by atoms with E-state index in [4.69, 9.17) is 38.4 Å². The SMILES string of the molecule is Cc1cc(Cl)c(OCCOc2ccc(CC(CN)c3ccc(-c4ccccc4CN4CCC(=O)CC4)cc3C)cc2)c(Cl)c1. The summed E-state index contributed by atoms with van der Waals surface area (Å²) in [6.45, 7) is 7.91. The van der Waals surface area contributed by atoms with Crippen LogP contribution in [0.2, 0.25) is 10.0 Å². The summed E-state index contributed by atoms with van der Waals surface area (Å²) in [5, 5.41) is 0.993. The van der Waals surface area contributed by atoms with Crippen LogP contribution in [0.1, 0.15) is 46.6 Å². The lowest BCUT2D eigenvalue weighted by Crippen LogP contribution is -2.33. The Balaban J connectivity index is 1.18. The molecule has 0 amide bonds. The summed E-state index contributed by atoms with van der Waals surface area (Å²) in [5.41, 5.74) is 14.8. The number of aryl methyl sites for hydroxylation is 2. The molecule has 1 atom stereocenters. The molecule has 1 aliphatic rings. The predicted molar refractivity (Wildman–Crippen MR) is 180 cm³/mol. The molecule has 1 heterocycles. The molecule has 7 heteroatoms. The van der Waals surface area contributed by atoms with Crippen molar-refractivity contribution in [2.45, 2.75) is 45.6 Å². The highest BCUT2D eigenvalue weighted by atomic mass is 35.5. The van der Waals surface area contributed by atoms with Crippen molar-refractivity contribution in [3.05, 3.63) is 117 Å². The molecule has 4 aromatic rings. The fourth-order valence-electron chi connectivity index (χ4n) is 5.90. The van der Waals surface area contributed by atoms with E-state index in [0.29, 0.717) is 54.2 Å². The quantitative estimate of drug-likeness (QED) is 0.160. The van der Waals surface area contributed by atoms with E-state index < -0.39 is 0 Å². The van der Waals surface area contributed by atoms with Crippen LogP contribution in [0.5, 0.6) is 11.5 Å². The third-order valence-electron chi connectivity index (χ3n) is 8.28. The highest BCUT2D eigenvalue weighted by Crippen LogP contribution is 2.34. The first-order chi connectivity index (χ1) is 21.3. The van der Waals surface area contributed by atoms with Crippen molar-refractivity contribution in [2.75, 3.05) is 32.8 Å². The molecule has 1 saturated heterocycles. The number of ketones is 1. The number of benzene rings is 4. The zero-order valence-electron chi connectivity index (χ0n) is 25.5. The first-order valence-corrected chi connectivity index (χ1v) is 16.0. The van der Waals surface area contributed by atoms with Crippen LogP contribution in [0, 0.1) is 13.8 Å². The second-order valence-electron chi connectivity index (χ2n) is 11.6. The summed E-state index contributed by atoms with van der Waals surface area (Å²) >= 11 is 12.5. The average Bonchev–Trinajstić information content (AvgIpc) is 3.01. The maximum absolute atomic E-state index is 11.7. The van der Waals surface area contributed by atoms with Gasteiger partial charge < -0.3 is 15.2 Å². The van der Waals surface area contributed by atoms with Crippen LogP contribution in [0.25, 0.3) is 11.1 Å². The van der Waals surface area contributed by atoms with Gasteiger partial charge in [-0.1, -0.05) is 77.8 Å². The maximum Gasteiger partial charge on any atom is 0.156 e. The molecule has 0 spiro atoms. The molecule has 0 radical (unpaired) electrons. The summed E-state index contributed by atoms with van der Waals surface area (Å²) < 4.78 is 11.6. The van der Waals surface area contributed by atoms with Gasteiger partial charge in [-0.05, 0) is 90.0 Å². The van der Waals surface area contributed by atoms with E-state index in [2.05, 4.69) is 66.4 Å².